The van der Waals surface area contributed by atoms with E-state index in [1.54, 1.807) is 12.1 Å². The molecule has 0 unspecified atom stereocenters. The number of pyridine rings is 1. The molecule has 0 radical (unpaired) electrons. The van der Waals surface area contributed by atoms with E-state index < -0.39 is 0 Å². The minimum atomic E-state index is -0.313. The maximum absolute atomic E-state index is 13.2. The van der Waals surface area contributed by atoms with Gasteiger partial charge in [-0.1, -0.05) is 18.2 Å². The van der Waals surface area contributed by atoms with Gasteiger partial charge in [0.2, 0.25) is 5.91 Å². The van der Waals surface area contributed by atoms with Gasteiger partial charge >= 0.3 is 0 Å². The quantitative estimate of drug-likeness (QED) is 0.685. The Bertz CT molecular complexity index is 910. The summed E-state index contributed by atoms with van der Waals surface area (Å²) in [6.07, 6.45) is 0.167. The van der Waals surface area contributed by atoms with Crippen LogP contribution >= 0.6 is 0 Å². The zero-order valence-corrected chi connectivity index (χ0v) is 15.1. The molecule has 0 spiro atoms. The fourth-order valence-corrected chi connectivity index (χ4v) is 2.70. The molecule has 4 nitrogen and oxygen atoms in total. The van der Waals surface area contributed by atoms with Crippen molar-refractivity contribution in [2.24, 2.45) is 0 Å². The topological polar surface area (TPSA) is 51.2 Å². The number of amides is 1. The van der Waals surface area contributed by atoms with Crippen molar-refractivity contribution >= 4 is 5.91 Å². The number of carbonyl (C=O) groups is 1. The van der Waals surface area contributed by atoms with Crippen LogP contribution in [-0.2, 0) is 17.8 Å². The molecular formula is C22H21FN2O2. The summed E-state index contributed by atoms with van der Waals surface area (Å²) in [5.41, 5.74) is 3.16. The Hall–Kier alpha value is -3.21. The van der Waals surface area contributed by atoms with Gasteiger partial charge in [0.1, 0.15) is 11.6 Å². The molecular weight excluding hydrogens is 343 g/mol. The van der Waals surface area contributed by atoms with Crippen molar-refractivity contribution in [3.63, 3.8) is 0 Å². The summed E-state index contributed by atoms with van der Waals surface area (Å²) < 4.78 is 18.6. The van der Waals surface area contributed by atoms with Crippen LogP contribution in [0.15, 0.2) is 66.7 Å². The lowest BCUT2D eigenvalue weighted by atomic mass is 10.1. The predicted molar refractivity (Wildman–Crippen MR) is 103 cm³/mol. The predicted octanol–water partition coefficient (Wildman–Crippen LogP) is 4.15. The zero-order chi connectivity index (χ0) is 19.1. The SMILES string of the molecule is CCOc1ccc(-c2cccc(CC(=O)NCc3cccc(F)c3)n2)cc1. The highest BCUT2D eigenvalue weighted by Crippen LogP contribution is 2.21. The molecule has 0 aliphatic rings. The first-order chi connectivity index (χ1) is 13.1. The number of carbonyl (C=O) groups excluding carboxylic acids is 1. The minimum absolute atomic E-state index is 0.157. The molecule has 138 valence electrons. The molecule has 5 heteroatoms. The molecule has 0 saturated heterocycles. The van der Waals surface area contributed by atoms with E-state index in [1.165, 1.54) is 12.1 Å². The second-order valence-electron chi connectivity index (χ2n) is 6.05. The highest BCUT2D eigenvalue weighted by atomic mass is 19.1. The van der Waals surface area contributed by atoms with Gasteiger partial charge in [-0.2, -0.15) is 0 Å². The van der Waals surface area contributed by atoms with E-state index in [-0.39, 0.29) is 24.7 Å². The van der Waals surface area contributed by atoms with E-state index in [2.05, 4.69) is 10.3 Å². The molecule has 0 aliphatic heterocycles. The summed E-state index contributed by atoms with van der Waals surface area (Å²) in [7, 11) is 0. The Labute approximate surface area is 158 Å². The second kappa shape index (κ2) is 8.94. The van der Waals surface area contributed by atoms with Gasteiger partial charge in [0.05, 0.1) is 24.4 Å². The van der Waals surface area contributed by atoms with Crippen LogP contribution in [0.2, 0.25) is 0 Å². The smallest absolute Gasteiger partial charge is 0.226 e. The number of nitrogens with zero attached hydrogens (tertiary/aromatic N) is 1. The maximum Gasteiger partial charge on any atom is 0.226 e. The molecule has 0 bridgehead atoms. The molecule has 0 fully saturated rings. The lowest BCUT2D eigenvalue weighted by Crippen LogP contribution is -2.25. The van der Waals surface area contributed by atoms with Crippen molar-refractivity contribution in [2.75, 3.05) is 6.61 Å². The minimum Gasteiger partial charge on any atom is -0.494 e. The van der Waals surface area contributed by atoms with Crippen LogP contribution in [0, 0.1) is 5.82 Å². The summed E-state index contributed by atoms with van der Waals surface area (Å²) in [6, 6.07) is 19.5. The first-order valence-electron chi connectivity index (χ1n) is 8.84. The Morgan fingerprint density at radius 1 is 1.07 bits per heavy atom. The van der Waals surface area contributed by atoms with Gasteiger partial charge in [0, 0.05) is 12.1 Å². The Kier molecular flexibility index (Phi) is 6.15. The maximum atomic E-state index is 13.2. The van der Waals surface area contributed by atoms with Crippen LogP contribution in [-0.4, -0.2) is 17.5 Å². The van der Waals surface area contributed by atoms with E-state index in [0.717, 1.165) is 22.6 Å². The average molecular weight is 364 g/mol. The van der Waals surface area contributed by atoms with Crippen LogP contribution < -0.4 is 10.1 Å². The number of hydrogen-bond acceptors (Lipinski definition) is 3. The van der Waals surface area contributed by atoms with Gasteiger partial charge < -0.3 is 10.1 Å². The second-order valence-corrected chi connectivity index (χ2v) is 6.05. The monoisotopic (exact) mass is 364 g/mol. The molecule has 1 N–H and O–H groups in total. The summed E-state index contributed by atoms with van der Waals surface area (Å²) in [4.78, 5) is 16.7. The van der Waals surface area contributed by atoms with Crippen molar-refractivity contribution in [3.8, 4) is 17.0 Å². The van der Waals surface area contributed by atoms with Crippen molar-refractivity contribution in [1.82, 2.24) is 10.3 Å². The molecule has 0 atom stereocenters. The molecule has 2 aromatic carbocycles. The Balaban J connectivity index is 1.62. The third-order valence-corrected chi connectivity index (χ3v) is 3.99. The van der Waals surface area contributed by atoms with Crippen LogP contribution in [0.5, 0.6) is 5.75 Å². The van der Waals surface area contributed by atoms with Crippen molar-refractivity contribution in [1.29, 1.82) is 0 Å². The fourth-order valence-electron chi connectivity index (χ4n) is 2.70. The molecule has 0 aliphatic carbocycles. The van der Waals surface area contributed by atoms with Gasteiger partial charge in [-0.3, -0.25) is 9.78 Å². The van der Waals surface area contributed by atoms with E-state index in [4.69, 9.17) is 4.74 Å². The largest absolute Gasteiger partial charge is 0.494 e. The molecule has 3 aromatic rings. The summed E-state index contributed by atoms with van der Waals surface area (Å²) in [5.74, 6) is 0.344. The van der Waals surface area contributed by atoms with Crippen molar-refractivity contribution < 1.29 is 13.9 Å². The number of ether oxygens (including phenoxy) is 1. The first kappa shape index (κ1) is 18.6. The Morgan fingerprint density at radius 2 is 1.85 bits per heavy atom. The molecule has 0 saturated carbocycles. The molecule has 1 aromatic heterocycles. The highest BCUT2D eigenvalue weighted by Gasteiger charge is 2.07. The van der Waals surface area contributed by atoms with Crippen LogP contribution in [0.3, 0.4) is 0 Å². The summed E-state index contributed by atoms with van der Waals surface area (Å²) >= 11 is 0. The number of hydrogen-bond donors (Lipinski definition) is 1. The van der Waals surface area contributed by atoms with Gasteiger partial charge in [-0.25, -0.2) is 4.39 Å². The number of benzene rings is 2. The number of halogens is 1. The van der Waals surface area contributed by atoms with Gasteiger partial charge in [0.15, 0.2) is 0 Å². The van der Waals surface area contributed by atoms with E-state index in [9.17, 15) is 9.18 Å². The lowest BCUT2D eigenvalue weighted by molar-refractivity contribution is -0.120. The van der Waals surface area contributed by atoms with Crippen LogP contribution in [0.4, 0.5) is 4.39 Å². The average Bonchev–Trinajstić information content (AvgIpc) is 2.68. The third-order valence-electron chi connectivity index (χ3n) is 3.99. The first-order valence-corrected chi connectivity index (χ1v) is 8.84. The standard InChI is InChI=1S/C22H21FN2O2/c1-2-27-20-11-9-17(10-12-20)21-8-4-7-19(25-21)14-22(26)24-15-16-5-3-6-18(23)13-16/h3-13H,2,14-15H2,1H3,(H,24,26). The number of aromatic nitrogens is 1. The molecule has 1 amide bonds. The van der Waals surface area contributed by atoms with Crippen molar-refractivity contribution in [2.45, 2.75) is 19.9 Å². The van der Waals surface area contributed by atoms with Crippen LogP contribution in [0.25, 0.3) is 11.3 Å². The van der Waals surface area contributed by atoms with Crippen molar-refractivity contribution in [3.05, 3.63) is 83.8 Å². The molecule has 1 heterocycles. The van der Waals surface area contributed by atoms with E-state index in [0.29, 0.717) is 12.3 Å². The normalized spacial score (nSPS) is 10.4. The van der Waals surface area contributed by atoms with Gasteiger partial charge in [0.25, 0.3) is 0 Å². The van der Waals surface area contributed by atoms with E-state index >= 15 is 0 Å². The summed E-state index contributed by atoms with van der Waals surface area (Å²) in [5, 5.41) is 2.79. The molecule has 3 rings (SSSR count). The van der Waals surface area contributed by atoms with E-state index in [1.807, 2.05) is 49.4 Å². The number of rotatable bonds is 7. The third kappa shape index (κ3) is 5.38. The van der Waals surface area contributed by atoms with Gasteiger partial charge in [-0.15, -0.1) is 0 Å². The summed E-state index contributed by atoms with van der Waals surface area (Å²) in [6.45, 7) is 2.85. The highest BCUT2D eigenvalue weighted by molar-refractivity contribution is 5.78. The fraction of sp³-hybridized carbons (Fsp3) is 0.182. The zero-order valence-electron chi connectivity index (χ0n) is 15.1. The number of nitrogens with one attached hydrogen (secondary N) is 1. The van der Waals surface area contributed by atoms with Gasteiger partial charge in [-0.05, 0) is 61.0 Å². The Morgan fingerprint density at radius 3 is 2.59 bits per heavy atom. The lowest BCUT2D eigenvalue weighted by Gasteiger charge is -2.08. The van der Waals surface area contributed by atoms with Crippen LogP contribution in [0.1, 0.15) is 18.2 Å². The molecule has 27 heavy (non-hydrogen) atoms.